The maximum Gasteiger partial charge on any atom is -0.0241 e. The third-order valence-electron chi connectivity index (χ3n) is 5.95. The predicted molar refractivity (Wildman–Crippen MR) is 64.7 cm³/mol. The van der Waals surface area contributed by atoms with Gasteiger partial charge in [-0.05, 0) is 60.7 Å². The van der Waals surface area contributed by atoms with Crippen molar-refractivity contribution in [1.29, 1.82) is 0 Å². The molecule has 4 fully saturated rings. The molecule has 0 N–H and O–H groups in total. The number of hydrogen-bond donors (Lipinski definition) is 0. The van der Waals surface area contributed by atoms with Crippen LogP contribution in [0.3, 0.4) is 0 Å². The number of rotatable bonds is 0. The lowest BCUT2D eigenvalue weighted by Crippen LogP contribution is -2.45. The monoisotopic (exact) mass is 206 g/mol. The molecule has 0 aromatic carbocycles. The van der Waals surface area contributed by atoms with E-state index in [1.165, 1.54) is 0 Å². The standard InChI is InChI=1S/C15H26/c1-14(2,3)15-8-11-4-5-12(9-15)7-13(6-11)10-15/h11-13H,4-10H2,1-3H3. The van der Waals surface area contributed by atoms with Crippen LogP contribution in [-0.4, -0.2) is 0 Å². The molecule has 4 bridgehead atoms. The summed E-state index contributed by atoms with van der Waals surface area (Å²) < 4.78 is 0. The van der Waals surface area contributed by atoms with Gasteiger partial charge in [0.1, 0.15) is 0 Å². The molecule has 15 heavy (non-hydrogen) atoms. The average Bonchev–Trinajstić information content (AvgIpc) is 2.31. The summed E-state index contributed by atoms with van der Waals surface area (Å²) in [6, 6.07) is 0. The first-order valence-electron chi connectivity index (χ1n) is 6.98. The van der Waals surface area contributed by atoms with Crippen molar-refractivity contribution >= 4 is 0 Å². The number of fused-ring (bicyclic) bond motifs is 1. The van der Waals surface area contributed by atoms with Gasteiger partial charge < -0.3 is 0 Å². The molecule has 0 aromatic rings. The van der Waals surface area contributed by atoms with Crippen molar-refractivity contribution in [3.63, 3.8) is 0 Å². The van der Waals surface area contributed by atoms with Crippen LogP contribution in [0.4, 0.5) is 0 Å². The number of hydrogen-bond acceptors (Lipinski definition) is 0. The molecule has 0 saturated heterocycles. The minimum Gasteiger partial charge on any atom is -0.0596 e. The highest BCUT2D eigenvalue weighted by Gasteiger charge is 2.53. The van der Waals surface area contributed by atoms with E-state index in [9.17, 15) is 0 Å². The van der Waals surface area contributed by atoms with Gasteiger partial charge in [0.25, 0.3) is 0 Å². The molecule has 0 aliphatic heterocycles. The first-order chi connectivity index (χ1) is 6.98. The van der Waals surface area contributed by atoms with E-state index in [0.717, 1.165) is 23.2 Å². The highest BCUT2D eigenvalue weighted by atomic mass is 14.6. The summed E-state index contributed by atoms with van der Waals surface area (Å²) in [4.78, 5) is 0. The van der Waals surface area contributed by atoms with Gasteiger partial charge in [0.2, 0.25) is 0 Å². The Kier molecular flexibility index (Phi) is 2.05. The zero-order chi connectivity index (χ0) is 10.7. The molecule has 0 heteroatoms. The van der Waals surface area contributed by atoms with E-state index in [-0.39, 0.29) is 0 Å². The third kappa shape index (κ3) is 1.47. The largest absolute Gasteiger partial charge is 0.0596 e. The van der Waals surface area contributed by atoms with Gasteiger partial charge in [-0.3, -0.25) is 0 Å². The van der Waals surface area contributed by atoms with Gasteiger partial charge >= 0.3 is 0 Å². The molecule has 0 heterocycles. The highest BCUT2D eigenvalue weighted by molar-refractivity contribution is 5.03. The lowest BCUT2D eigenvalue weighted by molar-refractivity contribution is -0.0515. The predicted octanol–water partition coefficient (Wildman–Crippen LogP) is 4.64. The van der Waals surface area contributed by atoms with E-state index in [4.69, 9.17) is 0 Å². The Morgan fingerprint density at radius 2 is 1.27 bits per heavy atom. The highest BCUT2D eigenvalue weighted by Crippen LogP contribution is 2.63. The van der Waals surface area contributed by atoms with Gasteiger partial charge in [-0.25, -0.2) is 0 Å². The van der Waals surface area contributed by atoms with E-state index in [0.29, 0.717) is 5.41 Å². The van der Waals surface area contributed by atoms with Crippen molar-refractivity contribution in [1.82, 2.24) is 0 Å². The molecule has 4 rings (SSSR count). The van der Waals surface area contributed by atoms with Crippen LogP contribution in [0.25, 0.3) is 0 Å². The summed E-state index contributed by atoms with van der Waals surface area (Å²) >= 11 is 0. The maximum atomic E-state index is 2.50. The van der Waals surface area contributed by atoms with Gasteiger partial charge in [0.15, 0.2) is 0 Å². The normalized spacial score (nSPS) is 49.4. The van der Waals surface area contributed by atoms with Crippen LogP contribution < -0.4 is 0 Å². The second-order valence-corrected chi connectivity index (χ2v) is 7.79. The Morgan fingerprint density at radius 1 is 0.800 bits per heavy atom. The molecule has 4 saturated carbocycles. The summed E-state index contributed by atoms with van der Waals surface area (Å²) in [5.74, 6) is 3.29. The molecule has 4 aliphatic rings. The van der Waals surface area contributed by atoms with Gasteiger partial charge in [-0.1, -0.05) is 33.6 Å². The minimum atomic E-state index is 0.549. The lowest BCUT2D eigenvalue weighted by Gasteiger charge is -2.55. The Labute approximate surface area is 94.8 Å². The first-order valence-corrected chi connectivity index (χ1v) is 6.98. The van der Waals surface area contributed by atoms with E-state index in [2.05, 4.69) is 20.8 Å². The SMILES string of the molecule is CC(C)(C)C12CC3CCC(CC(C3)C1)C2. The fourth-order valence-electron chi connectivity index (χ4n) is 5.11. The van der Waals surface area contributed by atoms with Gasteiger partial charge in [-0.15, -0.1) is 0 Å². The fourth-order valence-corrected chi connectivity index (χ4v) is 5.11. The molecule has 0 spiro atoms. The molecule has 0 nitrogen and oxygen atoms in total. The second-order valence-electron chi connectivity index (χ2n) is 7.79. The Bertz CT molecular complexity index is 242. The molecular weight excluding hydrogens is 180 g/mol. The van der Waals surface area contributed by atoms with Crippen LogP contribution >= 0.6 is 0 Å². The van der Waals surface area contributed by atoms with Crippen LogP contribution in [0, 0.1) is 28.6 Å². The molecule has 4 aliphatic carbocycles. The summed E-state index contributed by atoms with van der Waals surface area (Å²) in [6.45, 7) is 7.50. The van der Waals surface area contributed by atoms with Crippen molar-refractivity contribution in [3.8, 4) is 0 Å². The minimum absolute atomic E-state index is 0.549. The van der Waals surface area contributed by atoms with Crippen LogP contribution in [0.5, 0.6) is 0 Å². The zero-order valence-electron chi connectivity index (χ0n) is 10.7. The van der Waals surface area contributed by atoms with Crippen molar-refractivity contribution in [2.24, 2.45) is 28.6 Å². The summed E-state index contributed by atoms with van der Waals surface area (Å²) in [5, 5.41) is 0. The average molecular weight is 206 g/mol. The Morgan fingerprint density at radius 3 is 1.73 bits per heavy atom. The molecule has 0 amide bonds. The lowest BCUT2D eigenvalue weighted by atomic mass is 9.50. The van der Waals surface area contributed by atoms with E-state index in [1.54, 1.807) is 44.9 Å². The zero-order valence-corrected chi connectivity index (χ0v) is 10.7. The van der Waals surface area contributed by atoms with Crippen molar-refractivity contribution in [2.45, 2.75) is 65.7 Å². The topological polar surface area (TPSA) is 0 Å². The molecule has 0 aromatic heterocycles. The fraction of sp³-hybridized carbons (Fsp3) is 1.00. The van der Waals surface area contributed by atoms with Crippen molar-refractivity contribution < 1.29 is 0 Å². The van der Waals surface area contributed by atoms with Crippen molar-refractivity contribution in [2.75, 3.05) is 0 Å². The van der Waals surface area contributed by atoms with Gasteiger partial charge in [0.05, 0.1) is 0 Å². The Balaban J connectivity index is 1.97. The third-order valence-corrected chi connectivity index (χ3v) is 5.95. The molecular formula is C15H26. The summed E-state index contributed by atoms with van der Waals surface area (Å²) in [6.07, 6.45) is 10.9. The second kappa shape index (κ2) is 3.02. The van der Waals surface area contributed by atoms with E-state index in [1.807, 2.05) is 0 Å². The van der Waals surface area contributed by atoms with E-state index >= 15 is 0 Å². The summed E-state index contributed by atoms with van der Waals surface area (Å²) in [7, 11) is 0. The molecule has 2 unspecified atom stereocenters. The van der Waals surface area contributed by atoms with E-state index < -0.39 is 0 Å². The first kappa shape index (κ1) is 10.2. The molecule has 2 atom stereocenters. The van der Waals surface area contributed by atoms with Crippen molar-refractivity contribution in [3.05, 3.63) is 0 Å². The smallest absolute Gasteiger partial charge is 0.0241 e. The molecule has 0 radical (unpaired) electrons. The Hall–Kier alpha value is 0. The van der Waals surface area contributed by atoms with Gasteiger partial charge in [0, 0.05) is 0 Å². The molecule has 86 valence electrons. The van der Waals surface area contributed by atoms with Crippen LogP contribution in [-0.2, 0) is 0 Å². The quantitative estimate of drug-likeness (QED) is 0.541. The van der Waals surface area contributed by atoms with Gasteiger partial charge in [-0.2, -0.15) is 0 Å². The maximum absolute atomic E-state index is 2.50. The van der Waals surface area contributed by atoms with Crippen LogP contribution in [0.2, 0.25) is 0 Å². The summed E-state index contributed by atoms with van der Waals surface area (Å²) in [5.41, 5.74) is 1.27. The van der Waals surface area contributed by atoms with Crippen LogP contribution in [0.1, 0.15) is 65.7 Å². The van der Waals surface area contributed by atoms with Crippen LogP contribution in [0.15, 0.2) is 0 Å².